The van der Waals surface area contributed by atoms with Gasteiger partial charge in [0.05, 0.1) is 5.69 Å². The van der Waals surface area contributed by atoms with Gasteiger partial charge in [-0.1, -0.05) is 309 Å². The molecule has 0 saturated heterocycles. The van der Waals surface area contributed by atoms with E-state index in [4.69, 9.17) is 4.98 Å². The molecule has 1 aliphatic heterocycles. The van der Waals surface area contributed by atoms with E-state index < -0.39 is 16.1 Å². The quantitative estimate of drug-likeness (QED) is 0.0896. The molecule has 358 valence electrons. The van der Waals surface area contributed by atoms with E-state index in [0.29, 0.717) is 0 Å². The Balaban J connectivity index is 1.09. The standard InChI is InChI=1S/C71H53BN2Si2/c1-8-30-57(31-9-1)72-68-48-24-22-46-66(68)67-47-23-25-49-70(67)74(72)71-53-56(54-28-26-44-64(50-54)75(58-32-10-2-11-33-58,59-34-12-3-13-35-59)60-36-14-4-15-37-60)52-69(73-71)55-29-27-45-65(51-55)76(61-38-16-5-17-39-61,62-40-18-6-19-41-62)63-42-20-7-21-43-63/h1-53H. The Bertz CT molecular complexity index is 3560. The fourth-order valence-electron chi connectivity index (χ4n) is 12.3. The SMILES string of the molecule is c1ccc(B2c3ccccc3-c3ccccc3N2c2cc(-c3cccc([Si](c4ccccc4)(c4ccccc4)c4ccccc4)c3)cc(-c3cccc([Si](c4ccccc4)(c4ccccc4)c4ccccc4)c3)n2)cc1. The van der Waals surface area contributed by atoms with Crippen LogP contribution in [0.4, 0.5) is 11.5 Å². The normalized spacial score (nSPS) is 12.2. The third-order valence-electron chi connectivity index (χ3n) is 15.6. The molecule has 76 heavy (non-hydrogen) atoms. The van der Waals surface area contributed by atoms with Crippen LogP contribution in [0.3, 0.4) is 0 Å². The van der Waals surface area contributed by atoms with Crippen molar-refractivity contribution < 1.29 is 0 Å². The molecule has 2 nitrogen and oxygen atoms in total. The predicted molar refractivity (Wildman–Crippen MR) is 328 cm³/mol. The van der Waals surface area contributed by atoms with Gasteiger partial charge >= 0.3 is 6.85 Å². The molecule has 2 heterocycles. The molecule has 1 aromatic heterocycles. The summed E-state index contributed by atoms with van der Waals surface area (Å²) in [5.41, 5.74) is 10.2. The van der Waals surface area contributed by atoms with Crippen molar-refractivity contribution in [2.75, 3.05) is 4.81 Å². The summed E-state index contributed by atoms with van der Waals surface area (Å²) in [6, 6.07) is 119. The number of anilines is 2. The first-order chi connectivity index (χ1) is 37.7. The second-order valence-corrected chi connectivity index (χ2v) is 27.4. The molecule has 0 aliphatic carbocycles. The van der Waals surface area contributed by atoms with Gasteiger partial charge in [-0.3, -0.25) is 0 Å². The van der Waals surface area contributed by atoms with Gasteiger partial charge in [0.2, 0.25) is 0 Å². The molecule has 0 amide bonds. The van der Waals surface area contributed by atoms with Crippen LogP contribution in [0.15, 0.2) is 322 Å². The summed E-state index contributed by atoms with van der Waals surface area (Å²) >= 11 is 0. The molecular formula is C71H53BN2Si2. The van der Waals surface area contributed by atoms with E-state index in [-0.39, 0.29) is 6.85 Å². The highest BCUT2D eigenvalue weighted by Gasteiger charge is 2.43. The Morgan fingerprint density at radius 3 is 1.12 bits per heavy atom. The van der Waals surface area contributed by atoms with E-state index in [1.807, 2.05) is 0 Å². The monoisotopic (exact) mass is 1000 g/mol. The number of rotatable bonds is 12. The average molecular weight is 1000 g/mol. The van der Waals surface area contributed by atoms with Crippen molar-refractivity contribution in [3.8, 4) is 33.5 Å². The largest absolute Gasteiger partial charge is 0.361 e. The lowest BCUT2D eigenvalue weighted by molar-refractivity contribution is 1.23. The zero-order valence-electron chi connectivity index (χ0n) is 42.1. The number of hydrogen-bond acceptors (Lipinski definition) is 2. The third kappa shape index (κ3) is 8.09. The van der Waals surface area contributed by atoms with Gasteiger partial charge in [0.25, 0.3) is 0 Å². The minimum absolute atomic E-state index is 0.149. The predicted octanol–water partition coefficient (Wildman–Crippen LogP) is 10.1. The van der Waals surface area contributed by atoms with Crippen molar-refractivity contribution >= 4 is 86.9 Å². The molecular weight excluding hydrogens is 948 g/mol. The maximum absolute atomic E-state index is 5.91. The zero-order chi connectivity index (χ0) is 50.7. The highest BCUT2D eigenvalue weighted by molar-refractivity contribution is 7.20. The molecule has 0 N–H and O–H groups in total. The van der Waals surface area contributed by atoms with Crippen molar-refractivity contribution in [3.05, 3.63) is 322 Å². The van der Waals surface area contributed by atoms with Gasteiger partial charge in [-0.25, -0.2) is 4.98 Å². The first-order valence-electron chi connectivity index (χ1n) is 26.3. The Labute approximate surface area is 449 Å². The number of aromatic nitrogens is 1. The van der Waals surface area contributed by atoms with Crippen LogP contribution in [0.2, 0.25) is 0 Å². The summed E-state index contributed by atoms with van der Waals surface area (Å²) in [4.78, 5) is 8.41. The molecule has 13 rings (SSSR count). The fraction of sp³-hybridized carbons (Fsp3) is 0. The average Bonchev–Trinajstić information content (AvgIpc) is 3.63. The van der Waals surface area contributed by atoms with Gasteiger partial charge in [0.15, 0.2) is 16.1 Å². The Hall–Kier alpha value is -9.13. The van der Waals surface area contributed by atoms with E-state index in [9.17, 15) is 0 Å². The van der Waals surface area contributed by atoms with E-state index in [1.165, 1.54) is 63.5 Å². The summed E-state index contributed by atoms with van der Waals surface area (Å²) in [5, 5.41) is 10.6. The topological polar surface area (TPSA) is 16.1 Å². The highest BCUT2D eigenvalue weighted by Crippen LogP contribution is 2.41. The lowest BCUT2D eigenvalue weighted by atomic mass is 9.46. The van der Waals surface area contributed by atoms with Crippen molar-refractivity contribution in [2.45, 2.75) is 0 Å². The number of pyridine rings is 1. The lowest BCUT2D eigenvalue weighted by Gasteiger charge is -2.38. The highest BCUT2D eigenvalue weighted by atomic mass is 28.3. The van der Waals surface area contributed by atoms with Crippen LogP contribution in [0, 0.1) is 0 Å². The van der Waals surface area contributed by atoms with Crippen LogP contribution in [0.25, 0.3) is 33.5 Å². The summed E-state index contributed by atoms with van der Waals surface area (Å²) in [7, 11) is -5.77. The van der Waals surface area contributed by atoms with E-state index in [2.05, 4.69) is 326 Å². The van der Waals surface area contributed by atoms with Crippen molar-refractivity contribution in [1.29, 1.82) is 0 Å². The zero-order valence-corrected chi connectivity index (χ0v) is 44.1. The summed E-state index contributed by atoms with van der Waals surface area (Å²) in [6.07, 6.45) is 0. The molecule has 0 spiro atoms. The van der Waals surface area contributed by atoms with Crippen LogP contribution in [0.1, 0.15) is 0 Å². The summed E-state index contributed by atoms with van der Waals surface area (Å²) in [6.45, 7) is -0.149. The number of nitrogens with zero attached hydrogens (tertiary/aromatic N) is 2. The molecule has 1 aliphatic rings. The maximum atomic E-state index is 5.91. The van der Waals surface area contributed by atoms with Gasteiger partial charge in [-0.2, -0.15) is 0 Å². The van der Waals surface area contributed by atoms with Crippen LogP contribution in [0.5, 0.6) is 0 Å². The summed E-state index contributed by atoms with van der Waals surface area (Å²) < 4.78 is 0. The van der Waals surface area contributed by atoms with Gasteiger partial charge in [-0.05, 0) is 81.8 Å². The second kappa shape index (κ2) is 20.3. The molecule has 0 unspecified atom stereocenters. The Morgan fingerprint density at radius 2 is 0.645 bits per heavy atom. The first kappa shape index (κ1) is 46.6. The molecule has 0 fully saturated rings. The van der Waals surface area contributed by atoms with Gasteiger partial charge in [0, 0.05) is 16.8 Å². The van der Waals surface area contributed by atoms with Crippen LogP contribution in [-0.2, 0) is 0 Å². The van der Waals surface area contributed by atoms with Gasteiger partial charge < -0.3 is 4.81 Å². The number of para-hydroxylation sites is 1. The van der Waals surface area contributed by atoms with Gasteiger partial charge in [0.1, 0.15) is 5.82 Å². The number of benzene rings is 11. The number of fused-ring (bicyclic) bond motifs is 3. The van der Waals surface area contributed by atoms with Crippen LogP contribution >= 0.6 is 0 Å². The minimum atomic E-state index is -2.89. The molecule has 0 saturated carbocycles. The first-order valence-corrected chi connectivity index (χ1v) is 30.3. The second-order valence-electron chi connectivity index (χ2n) is 19.7. The lowest BCUT2D eigenvalue weighted by Crippen LogP contribution is -2.74. The molecule has 11 aromatic carbocycles. The van der Waals surface area contributed by atoms with E-state index >= 15 is 0 Å². The van der Waals surface area contributed by atoms with Crippen LogP contribution < -0.4 is 57.2 Å². The Kier molecular flexibility index (Phi) is 12.5. The smallest absolute Gasteiger partial charge is 0.330 e. The van der Waals surface area contributed by atoms with Crippen molar-refractivity contribution in [1.82, 2.24) is 4.98 Å². The Morgan fingerprint density at radius 1 is 0.276 bits per heavy atom. The maximum Gasteiger partial charge on any atom is 0.330 e. The van der Waals surface area contributed by atoms with Crippen molar-refractivity contribution in [2.24, 2.45) is 0 Å². The molecule has 0 radical (unpaired) electrons. The number of hydrogen-bond donors (Lipinski definition) is 0. The van der Waals surface area contributed by atoms with Crippen LogP contribution in [-0.4, -0.2) is 28.0 Å². The van der Waals surface area contributed by atoms with Crippen molar-refractivity contribution in [3.63, 3.8) is 0 Å². The van der Waals surface area contributed by atoms with E-state index in [1.54, 1.807) is 0 Å². The molecule has 0 atom stereocenters. The third-order valence-corrected chi connectivity index (χ3v) is 25.2. The van der Waals surface area contributed by atoms with Gasteiger partial charge in [-0.15, -0.1) is 0 Å². The summed E-state index contributed by atoms with van der Waals surface area (Å²) in [5.74, 6) is 0.884. The molecule has 12 aromatic rings. The minimum Gasteiger partial charge on any atom is -0.361 e. The van der Waals surface area contributed by atoms with E-state index in [0.717, 1.165) is 33.9 Å². The molecule has 5 heteroatoms. The molecule has 0 bridgehead atoms. The fourth-order valence-corrected chi connectivity index (χ4v) is 21.9.